The molecule has 30 heavy (non-hydrogen) atoms. The Hall–Kier alpha value is -3.99. The van der Waals surface area contributed by atoms with E-state index in [-0.39, 0.29) is 0 Å². The number of nitrogens with one attached hydrogen (secondary N) is 1. The highest BCUT2D eigenvalue weighted by atomic mass is 15.3. The Balaban J connectivity index is 1.70. The molecule has 1 N–H and O–H groups in total. The van der Waals surface area contributed by atoms with E-state index >= 15 is 0 Å². The molecule has 0 amide bonds. The maximum atomic E-state index is 9.05. The number of hydrogen-bond donors (Lipinski definition) is 1. The van der Waals surface area contributed by atoms with Crippen LogP contribution in [0.15, 0.2) is 42.7 Å². The number of hydrogen-bond acceptors (Lipinski definition) is 6. The van der Waals surface area contributed by atoms with Gasteiger partial charge in [-0.1, -0.05) is 19.1 Å². The number of anilines is 2. The molecule has 0 spiro atoms. The van der Waals surface area contributed by atoms with Crippen molar-refractivity contribution in [1.29, 1.82) is 5.26 Å². The fourth-order valence-corrected chi connectivity index (χ4v) is 3.58. The Bertz CT molecular complexity index is 1240. The summed E-state index contributed by atoms with van der Waals surface area (Å²) in [5.41, 5.74) is 5.68. The highest BCUT2D eigenvalue weighted by Crippen LogP contribution is 2.31. The molecule has 4 aromatic rings. The summed E-state index contributed by atoms with van der Waals surface area (Å²) in [5.74, 6) is 2.09. The van der Waals surface area contributed by atoms with Crippen molar-refractivity contribution < 1.29 is 0 Å². The fraction of sp³-hybridized carbons (Fsp3) is 0.227. The molecule has 4 rings (SSSR count). The van der Waals surface area contributed by atoms with Crippen molar-refractivity contribution in [2.75, 3.05) is 5.32 Å². The first-order chi connectivity index (χ1) is 14.5. The zero-order valence-electron chi connectivity index (χ0n) is 17.4. The predicted octanol–water partition coefficient (Wildman–Crippen LogP) is 3.86. The van der Waals surface area contributed by atoms with Gasteiger partial charge >= 0.3 is 0 Å². The SMILES string of the molecule is CCc1c(Nc2cc(-n3nc(C)cc3C)ncn2)nn(C)c1-c1ccc(C#N)cc1. The number of aromatic nitrogens is 6. The highest BCUT2D eigenvalue weighted by Gasteiger charge is 2.17. The molecule has 8 nitrogen and oxygen atoms in total. The van der Waals surface area contributed by atoms with Crippen molar-refractivity contribution in [2.24, 2.45) is 7.05 Å². The van der Waals surface area contributed by atoms with E-state index < -0.39 is 0 Å². The molecule has 1 aromatic carbocycles. The summed E-state index contributed by atoms with van der Waals surface area (Å²) in [7, 11) is 1.92. The third-order valence-electron chi connectivity index (χ3n) is 4.91. The lowest BCUT2D eigenvalue weighted by atomic mass is 10.0. The summed E-state index contributed by atoms with van der Waals surface area (Å²) in [6.45, 7) is 6.04. The van der Waals surface area contributed by atoms with Crippen LogP contribution in [-0.4, -0.2) is 29.5 Å². The first-order valence-electron chi connectivity index (χ1n) is 9.69. The molecule has 0 atom stereocenters. The van der Waals surface area contributed by atoms with Gasteiger partial charge in [-0.05, 0) is 38.5 Å². The van der Waals surface area contributed by atoms with E-state index in [9.17, 15) is 0 Å². The van der Waals surface area contributed by atoms with Crippen LogP contribution in [-0.2, 0) is 13.5 Å². The van der Waals surface area contributed by atoms with E-state index in [4.69, 9.17) is 5.26 Å². The second kappa shape index (κ2) is 7.79. The van der Waals surface area contributed by atoms with Crippen LogP contribution in [0.1, 0.15) is 29.4 Å². The summed E-state index contributed by atoms with van der Waals surface area (Å²) in [6, 6.07) is 13.6. The van der Waals surface area contributed by atoms with Crippen LogP contribution in [0.5, 0.6) is 0 Å². The van der Waals surface area contributed by atoms with Crippen LogP contribution >= 0.6 is 0 Å². The Labute approximate surface area is 174 Å². The molecule has 0 saturated carbocycles. The van der Waals surface area contributed by atoms with Crippen LogP contribution in [0.2, 0.25) is 0 Å². The minimum absolute atomic E-state index is 0.634. The Morgan fingerprint density at radius 1 is 1.07 bits per heavy atom. The van der Waals surface area contributed by atoms with Gasteiger partial charge in [-0.2, -0.15) is 15.5 Å². The summed E-state index contributed by atoms with van der Waals surface area (Å²) in [4.78, 5) is 8.71. The molecule has 0 fully saturated rings. The van der Waals surface area contributed by atoms with E-state index in [0.29, 0.717) is 17.2 Å². The van der Waals surface area contributed by atoms with Crippen LogP contribution in [0, 0.1) is 25.2 Å². The Kier molecular flexibility index (Phi) is 5.02. The minimum Gasteiger partial charge on any atom is -0.323 e. The number of rotatable bonds is 5. The van der Waals surface area contributed by atoms with Crippen molar-refractivity contribution in [3.8, 4) is 23.1 Å². The molecular weight excluding hydrogens is 376 g/mol. The van der Waals surface area contributed by atoms with Crippen LogP contribution in [0.25, 0.3) is 17.1 Å². The van der Waals surface area contributed by atoms with Gasteiger partial charge in [-0.15, -0.1) is 0 Å². The summed E-state index contributed by atoms with van der Waals surface area (Å²) in [6.07, 6.45) is 2.31. The normalized spacial score (nSPS) is 10.8. The average Bonchev–Trinajstić information content (AvgIpc) is 3.25. The number of nitrogens with zero attached hydrogens (tertiary/aromatic N) is 7. The van der Waals surface area contributed by atoms with Crippen molar-refractivity contribution in [3.05, 3.63) is 65.2 Å². The largest absolute Gasteiger partial charge is 0.323 e. The molecule has 0 unspecified atom stereocenters. The van der Waals surface area contributed by atoms with E-state index in [1.54, 1.807) is 4.68 Å². The molecule has 0 aliphatic heterocycles. The van der Waals surface area contributed by atoms with Gasteiger partial charge in [0.1, 0.15) is 12.1 Å². The Morgan fingerprint density at radius 2 is 1.83 bits per heavy atom. The maximum absolute atomic E-state index is 9.05. The summed E-state index contributed by atoms with van der Waals surface area (Å²) in [5, 5.41) is 21.6. The number of aryl methyl sites for hydroxylation is 3. The number of nitriles is 1. The topological polar surface area (TPSA) is 97.2 Å². The molecular formula is C22H22N8. The first kappa shape index (κ1) is 19.3. The smallest absolute Gasteiger partial charge is 0.159 e. The molecule has 150 valence electrons. The van der Waals surface area contributed by atoms with Gasteiger partial charge in [0.05, 0.1) is 23.0 Å². The third-order valence-corrected chi connectivity index (χ3v) is 4.91. The molecule has 0 saturated heterocycles. The quantitative estimate of drug-likeness (QED) is 0.548. The van der Waals surface area contributed by atoms with Gasteiger partial charge in [-0.3, -0.25) is 4.68 Å². The van der Waals surface area contributed by atoms with Gasteiger partial charge in [0, 0.05) is 29.9 Å². The van der Waals surface area contributed by atoms with Gasteiger partial charge in [0.2, 0.25) is 0 Å². The van der Waals surface area contributed by atoms with Crippen LogP contribution < -0.4 is 5.32 Å². The third kappa shape index (κ3) is 3.53. The lowest BCUT2D eigenvalue weighted by molar-refractivity contribution is 0.778. The maximum Gasteiger partial charge on any atom is 0.159 e. The fourth-order valence-electron chi connectivity index (χ4n) is 3.58. The first-order valence-corrected chi connectivity index (χ1v) is 9.69. The highest BCUT2D eigenvalue weighted by molar-refractivity contribution is 5.72. The molecule has 0 bridgehead atoms. The van der Waals surface area contributed by atoms with Gasteiger partial charge < -0.3 is 5.32 Å². The second-order valence-electron chi connectivity index (χ2n) is 7.07. The molecule has 8 heteroatoms. The molecule has 3 heterocycles. The molecule has 0 aliphatic carbocycles. The molecule has 0 aliphatic rings. The van der Waals surface area contributed by atoms with Crippen molar-refractivity contribution in [2.45, 2.75) is 27.2 Å². The Morgan fingerprint density at radius 3 is 2.47 bits per heavy atom. The standard InChI is InChI=1S/C22H22N8/c1-5-18-21(17-8-6-16(12-23)7-9-17)29(4)28-22(18)26-19-11-20(25-13-24-19)30-15(3)10-14(2)27-30/h6-11,13H,5H2,1-4H3,(H,24,25,26,28). The summed E-state index contributed by atoms with van der Waals surface area (Å²) >= 11 is 0. The van der Waals surface area contributed by atoms with Crippen molar-refractivity contribution >= 4 is 11.6 Å². The van der Waals surface area contributed by atoms with E-state index in [1.807, 2.05) is 62.0 Å². The minimum atomic E-state index is 0.634. The zero-order valence-corrected chi connectivity index (χ0v) is 17.4. The van der Waals surface area contributed by atoms with E-state index in [1.165, 1.54) is 6.33 Å². The second-order valence-corrected chi connectivity index (χ2v) is 7.07. The number of benzene rings is 1. The summed E-state index contributed by atoms with van der Waals surface area (Å²) < 4.78 is 3.65. The van der Waals surface area contributed by atoms with Crippen LogP contribution in [0.3, 0.4) is 0 Å². The lowest BCUT2D eigenvalue weighted by Gasteiger charge is -2.08. The molecule has 3 aromatic heterocycles. The van der Waals surface area contributed by atoms with Crippen molar-refractivity contribution in [1.82, 2.24) is 29.5 Å². The predicted molar refractivity (Wildman–Crippen MR) is 115 cm³/mol. The molecule has 0 radical (unpaired) electrons. The van der Waals surface area contributed by atoms with Crippen molar-refractivity contribution in [3.63, 3.8) is 0 Å². The monoisotopic (exact) mass is 398 g/mol. The van der Waals surface area contributed by atoms with Gasteiger partial charge in [0.25, 0.3) is 0 Å². The van der Waals surface area contributed by atoms with Gasteiger partial charge in [0.15, 0.2) is 11.6 Å². The zero-order chi connectivity index (χ0) is 21.3. The average molecular weight is 398 g/mol. The van der Waals surface area contributed by atoms with E-state index in [2.05, 4.69) is 38.5 Å². The van der Waals surface area contributed by atoms with E-state index in [0.717, 1.165) is 40.4 Å². The van der Waals surface area contributed by atoms with Crippen LogP contribution in [0.4, 0.5) is 11.6 Å². The lowest BCUT2D eigenvalue weighted by Crippen LogP contribution is -2.05. The van der Waals surface area contributed by atoms with Gasteiger partial charge in [-0.25, -0.2) is 14.6 Å².